The first kappa shape index (κ1) is 32.3. The van der Waals surface area contributed by atoms with Crippen molar-refractivity contribution < 1.29 is 0 Å². The molecule has 0 spiro atoms. The van der Waals surface area contributed by atoms with Crippen molar-refractivity contribution in [3.05, 3.63) is 194 Å². The van der Waals surface area contributed by atoms with Crippen LogP contribution in [0.3, 0.4) is 0 Å². The Morgan fingerprint density at radius 2 is 0.776 bits per heavy atom. The van der Waals surface area contributed by atoms with Crippen LogP contribution in [0.5, 0.6) is 0 Å². The number of thiophene rings is 2. The second kappa shape index (κ2) is 12.3. The van der Waals surface area contributed by atoms with Crippen LogP contribution < -0.4 is 0 Å². The highest BCUT2D eigenvalue weighted by Gasteiger charge is 2.19. The highest BCUT2D eigenvalue weighted by molar-refractivity contribution is 7.30. The van der Waals surface area contributed by atoms with E-state index >= 15 is 0 Å². The first-order valence-electron chi connectivity index (χ1n) is 19.9. The number of rotatable bonds is 3. The van der Waals surface area contributed by atoms with Gasteiger partial charge >= 0.3 is 0 Å². The van der Waals surface area contributed by atoms with Gasteiger partial charge in [-0.1, -0.05) is 158 Å². The summed E-state index contributed by atoms with van der Waals surface area (Å²) in [6, 6.07) is 72.5. The van der Waals surface area contributed by atoms with Crippen molar-refractivity contribution in [3.8, 4) is 33.4 Å². The van der Waals surface area contributed by atoms with Crippen LogP contribution in [-0.2, 0) is 0 Å². The summed E-state index contributed by atoms with van der Waals surface area (Å²) in [4.78, 5) is 0. The molecule has 0 unspecified atom stereocenters. The van der Waals surface area contributed by atoms with E-state index in [0.717, 1.165) is 0 Å². The first-order chi connectivity index (χ1) is 28.7. The molecule has 13 rings (SSSR count). The van der Waals surface area contributed by atoms with Gasteiger partial charge in [0, 0.05) is 40.3 Å². The third kappa shape index (κ3) is 4.68. The van der Waals surface area contributed by atoms with Crippen LogP contribution in [0.15, 0.2) is 194 Å². The number of benzene rings is 11. The van der Waals surface area contributed by atoms with Gasteiger partial charge in [0.1, 0.15) is 0 Å². The average Bonchev–Trinajstić information content (AvgIpc) is 3.86. The van der Waals surface area contributed by atoms with Gasteiger partial charge in [0.15, 0.2) is 0 Å². The number of fused-ring (bicyclic) bond motifs is 13. The van der Waals surface area contributed by atoms with Gasteiger partial charge in [0.05, 0.1) is 0 Å². The minimum Gasteiger partial charge on any atom is -0.135 e. The molecule has 0 amide bonds. The third-order valence-corrected chi connectivity index (χ3v) is 14.7. The second-order valence-electron chi connectivity index (χ2n) is 15.5. The van der Waals surface area contributed by atoms with Crippen molar-refractivity contribution in [2.45, 2.75) is 0 Å². The maximum Gasteiger partial charge on any atom is 0.0448 e. The summed E-state index contributed by atoms with van der Waals surface area (Å²) >= 11 is 3.84. The van der Waals surface area contributed by atoms with Gasteiger partial charge in [-0.15, -0.1) is 22.7 Å². The van der Waals surface area contributed by atoms with Crippen LogP contribution in [0.25, 0.3) is 128 Å². The smallest absolute Gasteiger partial charge is 0.0448 e. The molecule has 0 aliphatic carbocycles. The topological polar surface area (TPSA) is 0 Å². The van der Waals surface area contributed by atoms with Crippen LogP contribution in [0.2, 0.25) is 0 Å². The van der Waals surface area contributed by atoms with E-state index in [-0.39, 0.29) is 0 Å². The predicted octanol–water partition coefficient (Wildman–Crippen LogP) is 17.2. The molecule has 0 saturated carbocycles. The molecule has 0 atom stereocenters. The van der Waals surface area contributed by atoms with E-state index in [4.69, 9.17) is 0 Å². The molecule has 2 heterocycles. The average molecular weight is 769 g/mol. The quantitative estimate of drug-likeness (QED) is 0.157. The summed E-state index contributed by atoms with van der Waals surface area (Å²) in [5.74, 6) is 0. The van der Waals surface area contributed by atoms with E-state index in [1.807, 2.05) is 22.7 Å². The summed E-state index contributed by atoms with van der Waals surface area (Å²) in [6.07, 6.45) is 0. The minimum absolute atomic E-state index is 1.24. The second-order valence-corrected chi connectivity index (χ2v) is 17.7. The fraction of sp³-hybridized carbons (Fsp3) is 0. The highest BCUT2D eigenvalue weighted by Crippen LogP contribution is 2.48. The van der Waals surface area contributed by atoms with E-state index in [2.05, 4.69) is 194 Å². The molecule has 0 radical (unpaired) electrons. The number of hydrogen-bond acceptors (Lipinski definition) is 2. The molecule has 2 aromatic heterocycles. The van der Waals surface area contributed by atoms with E-state index in [9.17, 15) is 0 Å². The molecule has 0 fully saturated rings. The largest absolute Gasteiger partial charge is 0.135 e. The van der Waals surface area contributed by atoms with Gasteiger partial charge in [-0.25, -0.2) is 0 Å². The first-order valence-corrected chi connectivity index (χ1v) is 21.5. The SMILES string of the molecule is c1ccc2c(-c3c4ccccc4c(-c4ccc5cc(-c6ccc7sc8ccc9c(sc%10ccc%11ccccc%11c%109)c8c7c6)ccc5c4)c4ccccc34)cccc2c1. The van der Waals surface area contributed by atoms with Gasteiger partial charge in [0.2, 0.25) is 0 Å². The lowest BCUT2D eigenvalue weighted by Crippen LogP contribution is -1.91. The van der Waals surface area contributed by atoms with E-state index in [0.29, 0.717) is 0 Å². The minimum atomic E-state index is 1.24. The van der Waals surface area contributed by atoms with Crippen LogP contribution in [-0.4, -0.2) is 0 Å². The standard InChI is InChI=1S/C56H32S2/c1-3-13-40-33(10-1)12-9-19-42(40)53-45-17-7-5-15-43(45)52(44-16-6-8-18-46(44)53)39-23-22-35-30-36(20-21-37(35)31-39)38-25-27-49-48(32-38)55-51(57-49)29-26-47-54-41-14-4-2-11-34(41)24-28-50(54)58-56(47)55/h1-32H. The maximum atomic E-state index is 2.43. The third-order valence-electron chi connectivity index (χ3n) is 12.4. The molecule has 0 bridgehead atoms. The summed E-state index contributed by atoms with van der Waals surface area (Å²) in [6.45, 7) is 0. The van der Waals surface area contributed by atoms with Crippen LogP contribution in [0.1, 0.15) is 0 Å². The molecule has 0 nitrogen and oxygen atoms in total. The van der Waals surface area contributed by atoms with Crippen molar-refractivity contribution in [3.63, 3.8) is 0 Å². The lowest BCUT2D eigenvalue weighted by Gasteiger charge is -2.19. The van der Waals surface area contributed by atoms with Gasteiger partial charge in [-0.3, -0.25) is 0 Å². The molecule has 0 aliphatic heterocycles. The van der Waals surface area contributed by atoms with Crippen molar-refractivity contribution in [1.29, 1.82) is 0 Å². The summed E-state index contributed by atoms with van der Waals surface area (Å²) < 4.78 is 5.44. The molecule has 268 valence electrons. The van der Waals surface area contributed by atoms with Crippen LogP contribution >= 0.6 is 22.7 Å². The lowest BCUT2D eigenvalue weighted by atomic mass is 9.84. The van der Waals surface area contributed by atoms with Gasteiger partial charge in [0.25, 0.3) is 0 Å². The van der Waals surface area contributed by atoms with Crippen LogP contribution in [0, 0.1) is 0 Å². The fourth-order valence-corrected chi connectivity index (χ4v) is 12.2. The molecule has 0 saturated heterocycles. The van der Waals surface area contributed by atoms with Crippen molar-refractivity contribution >= 4 is 117 Å². The highest BCUT2D eigenvalue weighted by atomic mass is 32.1. The monoisotopic (exact) mass is 768 g/mol. The van der Waals surface area contributed by atoms with E-state index < -0.39 is 0 Å². The Kier molecular flexibility index (Phi) is 6.86. The lowest BCUT2D eigenvalue weighted by molar-refractivity contribution is 1.67. The Hall–Kier alpha value is -6.84. The zero-order chi connectivity index (χ0) is 37.9. The van der Waals surface area contributed by atoms with Crippen molar-refractivity contribution in [2.75, 3.05) is 0 Å². The predicted molar refractivity (Wildman–Crippen MR) is 256 cm³/mol. The van der Waals surface area contributed by atoms with Crippen molar-refractivity contribution in [1.82, 2.24) is 0 Å². The molecule has 0 N–H and O–H groups in total. The van der Waals surface area contributed by atoms with E-state index in [1.54, 1.807) is 0 Å². The molecule has 0 aliphatic rings. The Morgan fingerprint density at radius 3 is 1.53 bits per heavy atom. The van der Waals surface area contributed by atoms with Crippen molar-refractivity contribution in [2.24, 2.45) is 0 Å². The fourth-order valence-electron chi connectivity index (χ4n) is 9.80. The van der Waals surface area contributed by atoms with Gasteiger partial charge in [-0.2, -0.15) is 0 Å². The Balaban J connectivity index is 0.958. The molecule has 13 aromatic rings. The normalized spacial score (nSPS) is 12.1. The summed E-state index contributed by atoms with van der Waals surface area (Å²) in [5.41, 5.74) is 7.60. The Labute approximate surface area is 342 Å². The van der Waals surface area contributed by atoms with Gasteiger partial charge < -0.3 is 0 Å². The maximum absolute atomic E-state index is 2.43. The molecule has 11 aromatic carbocycles. The molecular weight excluding hydrogens is 737 g/mol. The van der Waals surface area contributed by atoms with E-state index in [1.165, 1.54) is 128 Å². The zero-order valence-corrected chi connectivity index (χ0v) is 32.9. The van der Waals surface area contributed by atoms with Crippen LogP contribution in [0.4, 0.5) is 0 Å². The summed E-state index contributed by atoms with van der Waals surface area (Å²) in [5, 5.41) is 18.3. The number of hydrogen-bond donors (Lipinski definition) is 0. The molecular formula is C56H32S2. The Morgan fingerprint density at radius 1 is 0.259 bits per heavy atom. The Bertz CT molecular complexity index is 3800. The molecule has 2 heteroatoms. The zero-order valence-electron chi connectivity index (χ0n) is 31.3. The van der Waals surface area contributed by atoms with Gasteiger partial charge in [-0.05, 0) is 124 Å². The summed E-state index contributed by atoms with van der Waals surface area (Å²) in [7, 11) is 0. The molecule has 58 heavy (non-hydrogen) atoms.